The molecule has 3 aromatic carbocycles. The van der Waals surface area contributed by atoms with Gasteiger partial charge in [0.25, 0.3) is 0 Å². The average Bonchev–Trinajstić information content (AvgIpc) is 3.36. The van der Waals surface area contributed by atoms with Crippen molar-refractivity contribution >= 4 is 0 Å². The van der Waals surface area contributed by atoms with Gasteiger partial charge in [-0.25, -0.2) is 4.68 Å². The molecule has 1 aromatic heterocycles. The molecule has 5 rings (SSSR count). The maximum atomic E-state index is 6.01. The summed E-state index contributed by atoms with van der Waals surface area (Å²) in [6.45, 7) is 4.11. The first-order valence-corrected chi connectivity index (χ1v) is 12.1. The number of methoxy groups -OCH3 is 1. The molecule has 0 saturated carbocycles. The van der Waals surface area contributed by atoms with Crippen LogP contribution in [0.3, 0.4) is 0 Å². The predicted molar refractivity (Wildman–Crippen MR) is 137 cm³/mol. The van der Waals surface area contributed by atoms with Crippen molar-refractivity contribution in [1.29, 1.82) is 0 Å². The van der Waals surface area contributed by atoms with E-state index < -0.39 is 0 Å². The molecular formula is C29H31N3O2. The minimum Gasteiger partial charge on any atom is -0.497 e. The fourth-order valence-corrected chi connectivity index (χ4v) is 4.45. The Bertz CT molecular complexity index is 1180. The molecule has 0 atom stereocenters. The Morgan fingerprint density at radius 1 is 0.765 bits per heavy atom. The fourth-order valence-electron chi connectivity index (χ4n) is 4.45. The third-order valence-corrected chi connectivity index (χ3v) is 6.37. The summed E-state index contributed by atoms with van der Waals surface area (Å²) in [6.07, 6.45) is 3.98. The lowest BCUT2D eigenvalue weighted by Crippen LogP contribution is -2.33. The highest BCUT2D eigenvalue weighted by atomic mass is 16.5. The van der Waals surface area contributed by atoms with E-state index in [0.717, 1.165) is 52.9 Å². The zero-order valence-corrected chi connectivity index (χ0v) is 19.7. The lowest BCUT2D eigenvalue weighted by atomic mass is 10.1. The highest BCUT2D eigenvalue weighted by Gasteiger charge is 2.14. The maximum absolute atomic E-state index is 6.01. The van der Waals surface area contributed by atoms with Crippen LogP contribution in [-0.4, -0.2) is 48.0 Å². The Morgan fingerprint density at radius 2 is 1.44 bits per heavy atom. The van der Waals surface area contributed by atoms with Crippen molar-refractivity contribution in [1.82, 2.24) is 14.7 Å². The number of benzene rings is 3. The second-order valence-corrected chi connectivity index (χ2v) is 8.67. The number of aromatic nitrogens is 2. The number of piperidine rings is 1. The van der Waals surface area contributed by atoms with Gasteiger partial charge in [0.15, 0.2) is 0 Å². The van der Waals surface area contributed by atoms with Crippen LogP contribution in [0.1, 0.15) is 19.3 Å². The van der Waals surface area contributed by atoms with E-state index in [4.69, 9.17) is 14.6 Å². The maximum Gasteiger partial charge on any atom is 0.119 e. The van der Waals surface area contributed by atoms with Crippen molar-refractivity contribution in [2.45, 2.75) is 19.3 Å². The second kappa shape index (κ2) is 10.6. The number of para-hydroxylation sites is 1. The first-order chi connectivity index (χ1) is 16.8. The number of nitrogens with zero attached hydrogens (tertiary/aromatic N) is 3. The van der Waals surface area contributed by atoms with Crippen LogP contribution < -0.4 is 9.47 Å². The SMILES string of the molecule is COc1ccc(-c2cc(-c3ccc(OCCN4CCCCC4)cc3)nn2-c2ccccc2)cc1. The quantitative estimate of drug-likeness (QED) is 0.324. The van der Waals surface area contributed by atoms with Crippen LogP contribution in [0, 0.1) is 0 Å². The van der Waals surface area contributed by atoms with E-state index in [1.54, 1.807) is 7.11 Å². The Morgan fingerprint density at radius 3 is 2.15 bits per heavy atom. The molecule has 34 heavy (non-hydrogen) atoms. The summed E-state index contributed by atoms with van der Waals surface area (Å²) in [5.41, 5.74) is 5.13. The summed E-state index contributed by atoms with van der Waals surface area (Å²) in [4.78, 5) is 2.49. The Labute approximate surface area is 201 Å². The van der Waals surface area contributed by atoms with Crippen molar-refractivity contribution in [3.63, 3.8) is 0 Å². The van der Waals surface area contributed by atoms with Crippen molar-refractivity contribution < 1.29 is 9.47 Å². The van der Waals surface area contributed by atoms with Gasteiger partial charge >= 0.3 is 0 Å². The van der Waals surface area contributed by atoms with E-state index >= 15 is 0 Å². The summed E-state index contributed by atoms with van der Waals surface area (Å²) in [5.74, 6) is 1.74. The molecule has 0 radical (unpaired) electrons. The van der Waals surface area contributed by atoms with Crippen LogP contribution in [0.25, 0.3) is 28.2 Å². The largest absolute Gasteiger partial charge is 0.497 e. The zero-order chi connectivity index (χ0) is 23.2. The number of rotatable bonds is 8. The van der Waals surface area contributed by atoms with E-state index in [1.807, 2.05) is 47.1 Å². The number of hydrogen-bond acceptors (Lipinski definition) is 4. The van der Waals surface area contributed by atoms with Crippen molar-refractivity contribution in [3.05, 3.63) is 84.9 Å². The van der Waals surface area contributed by atoms with Crippen LogP contribution in [-0.2, 0) is 0 Å². The number of likely N-dealkylation sites (tertiary alicyclic amines) is 1. The lowest BCUT2D eigenvalue weighted by Gasteiger charge is -2.26. The van der Waals surface area contributed by atoms with E-state index in [-0.39, 0.29) is 0 Å². The molecule has 0 amide bonds. The van der Waals surface area contributed by atoms with E-state index in [1.165, 1.54) is 32.4 Å². The summed E-state index contributed by atoms with van der Waals surface area (Å²) >= 11 is 0. The molecule has 1 fully saturated rings. The third kappa shape index (κ3) is 5.15. The summed E-state index contributed by atoms with van der Waals surface area (Å²) < 4.78 is 13.3. The van der Waals surface area contributed by atoms with Gasteiger partial charge in [0.2, 0.25) is 0 Å². The Kier molecular flexibility index (Phi) is 6.91. The molecule has 2 heterocycles. The first-order valence-electron chi connectivity index (χ1n) is 12.1. The van der Waals surface area contributed by atoms with E-state index in [2.05, 4.69) is 47.4 Å². The molecule has 0 bridgehead atoms. The van der Waals surface area contributed by atoms with Gasteiger partial charge in [-0.3, -0.25) is 4.90 Å². The summed E-state index contributed by atoms with van der Waals surface area (Å²) in [7, 11) is 1.68. The topological polar surface area (TPSA) is 39.5 Å². The van der Waals surface area contributed by atoms with Crippen LogP contribution in [0.4, 0.5) is 0 Å². The van der Waals surface area contributed by atoms with Gasteiger partial charge in [0.1, 0.15) is 18.1 Å². The van der Waals surface area contributed by atoms with E-state index in [0.29, 0.717) is 0 Å². The zero-order valence-electron chi connectivity index (χ0n) is 19.7. The molecule has 1 aliphatic heterocycles. The van der Waals surface area contributed by atoms with Gasteiger partial charge < -0.3 is 9.47 Å². The molecule has 1 saturated heterocycles. The van der Waals surface area contributed by atoms with Crippen molar-refractivity contribution in [3.8, 4) is 39.7 Å². The highest BCUT2D eigenvalue weighted by molar-refractivity contribution is 5.71. The van der Waals surface area contributed by atoms with Gasteiger partial charge in [0, 0.05) is 17.7 Å². The van der Waals surface area contributed by atoms with Crippen LogP contribution >= 0.6 is 0 Å². The molecular weight excluding hydrogens is 422 g/mol. The normalized spacial score (nSPS) is 14.1. The van der Waals surface area contributed by atoms with Crippen molar-refractivity contribution in [2.75, 3.05) is 33.4 Å². The Balaban J connectivity index is 1.36. The molecule has 174 valence electrons. The number of ether oxygens (including phenoxy) is 2. The molecule has 0 N–H and O–H groups in total. The number of hydrogen-bond donors (Lipinski definition) is 0. The van der Waals surface area contributed by atoms with E-state index in [9.17, 15) is 0 Å². The monoisotopic (exact) mass is 453 g/mol. The molecule has 0 unspecified atom stereocenters. The summed E-state index contributed by atoms with van der Waals surface area (Å²) in [6, 6.07) is 28.7. The predicted octanol–water partition coefficient (Wildman–Crippen LogP) is 6.08. The first kappa shape index (κ1) is 22.2. The highest BCUT2D eigenvalue weighted by Crippen LogP contribution is 2.30. The molecule has 0 aliphatic carbocycles. The minimum atomic E-state index is 0.726. The molecule has 4 aromatic rings. The fraction of sp³-hybridized carbons (Fsp3) is 0.276. The third-order valence-electron chi connectivity index (χ3n) is 6.37. The summed E-state index contributed by atoms with van der Waals surface area (Å²) in [5, 5.41) is 4.96. The van der Waals surface area contributed by atoms with Crippen LogP contribution in [0.15, 0.2) is 84.9 Å². The van der Waals surface area contributed by atoms with Crippen molar-refractivity contribution in [2.24, 2.45) is 0 Å². The molecule has 5 heteroatoms. The standard InChI is InChI=1S/C29H31N3O2/c1-33-26-14-12-24(13-15-26)29-22-28(30-32(29)25-8-4-2-5-9-25)23-10-16-27(17-11-23)34-21-20-31-18-6-3-7-19-31/h2,4-5,8-17,22H,3,6-7,18-21H2,1H3. The van der Waals surface area contributed by atoms with Gasteiger partial charge in [-0.1, -0.05) is 24.6 Å². The average molecular weight is 454 g/mol. The van der Waals surface area contributed by atoms with Gasteiger partial charge in [-0.2, -0.15) is 5.10 Å². The smallest absolute Gasteiger partial charge is 0.119 e. The van der Waals surface area contributed by atoms with Gasteiger partial charge in [0.05, 0.1) is 24.2 Å². The van der Waals surface area contributed by atoms with Gasteiger partial charge in [-0.05, 0) is 92.7 Å². The Hall–Kier alpha value is -3.57. The second-order valence-electron chi connectivity index (χ2n) is 8.67. The molecule has 1 aliphatic rings. The lowest BCUT2D eigenvalue weighted by molar-refractivity contribution is 0.183. The molecule has 5 nitrogen and oxygen atoms in total. The molecule has 0 spiro atoms. The minimum absolute atomic E-state index is 0.726. The van der Waals surface area contributed by atoms with Crippen LogP contribution in [0.5, 0.6) is 11.5 Å². The van der Waals surface area contributed by atoms with Crippen LogP contribution in [0.2, 0.25) is 0 Å². The van der Waals surface area contributed by atoms with Gasteiger partial charge in [-0.15, -0.1) is 0 Å².